The average Bonchev–Trinajstić information content (AvgIpc) is 2.79. The number of sulfonamides is 1. The van der Waals surface area contributed by atoms with Crippen molar-refractivity contribution in [2.24, 2.45) is 5.14 Å². The summed E-state index contributed by atoms with van der Waals surface area (Å²) in [4.78, 5) is 29.3. The minimum absolute atomic E-state index is 0.0625. The van der Waals surface area contributed by atoms with E-state index in [9.17, 15) is 18.0 Å². The first kappa shape index (κ1) is 15.0. The summed E-state index contributed by atoms with van der Waals surface area (Å²) in [5.74, 6) is -0.634. The number of primary sulfonamides is 1. The zero-order valence-electron chi connectivity index (χ0n) is 11.9. The number of fused-ring (bicyclic) bond motifs is 4. The van der Waals surface area contributed by atoms with Crippen LogP contribution < -0.4 is 10.7 Å². The number of aromatic nitrogens is 2. The third-order valence-electron chi connectivity index (χ3n) is 3.82. The van der Waals surface area contributed by atoms with Gasteiger partial charge in [-0.1, -0.05) is 11.6 Å². The Morgan fingerprint density at radius 2 is 1.83 bits per heavy atom. The van der Waals surface area contributed by atoms with Gasteiger partial charge in [-0.15, -0.1) is 0 Å². The molecule has 2 heterocycles. The van der Waals surface area contributed by atoms with Gasteiger partial charge in [0.1, 0.15) is 0 Å². The molecule has 7 nitrogen and oxygen atoms in total. The maximum Gasteiger partial charge on any atom is 0.266 e. The molecule has 0 aliphatic carbocycles. The number of hydrogen-bond acceptors (Lipinski definition) is 5. The minimum Gasteiger partial charge on any atom is -0.285 e. The number of hydrogen-bond donors (Lipinski definition) is 1. The summed E-state index contributed by atoms with van der Waals surface area (Å²) in [5.41, 5.74) is 0.206. The summed E-state index contributed by atoms with van der Waals surface area (Å²) in [6.07, 6.45) is 0. The molecule has 2 N–H and O–H groups in total. The predicted molar refractivity (Wildman–Crippen MR) is 87.2 cm³/mol. The van der Waals surface area contributed by atoms with Gasteiger partial charge < -0.3 is 0 Å². The summed E-state index contributed by atoms with van der Waals surface area (Å²) >= 11 is 5.90. The number of nitrogens with zero attached hydrogens (tertiary/aromatic N) is 2. The number of rotatable bonds is 1. The predicted octanol–water partition coefficient (Wildman–Crippen LogP) is 1.23. The van der Waals surface area contributed by atoms with Gasteiger partial charge in [0.2, 0.25) is 15.8 Å². The Morgan fingerprint density at radius 1 is 1.08 bits per heavy atom. The third kappa shape index (κ3) is 2.01. The van der Waals surface area contributed by atoms with Gasteiger partial charge in [0.25, 0.3) is 5.56 Å². The van der Waals surface area contributed by atoms with E-state index in [4.69, 9.17) is 16.7 Å². The van der Waals surface area contributed by atoms with Crippen LogP contribution in [-0.4, -0.2) is 23.8 Å². The first-order valence-electron chi connectivity index (χ1n) is 6.71. The molecule has 120 valence electrons. The van der Waals surface area contributed by atoms with E-state index >= 15 is 0 Å². The number of halogens is 1. The molecule has 0 spiro atoms. The maximum absolute atomic E-state index is 12.7. The smallest absolute Gasteiger partial charge is 0.266 e. The molecule has 0 bridgehead atoms. The second-order valence-electron chi connectivity index (χ2n) is 5.29. The zero-order valence-corrected chi connectivity index (χ0v) is 13.4. The van der Waals surface area contributed by atoms with Crippen molar-refractivity contribution in [2.45, 2.75) is 4.90 Å². The van der Waals surface area contributed by atoms with Crippen LogP contribution in [0.4, 0.5) is 0 Å². The van der Waals surface area contributed by atoms with Crippen molar-refractivity contribution in [3.63, 3.8) is 0 Å². The summed E-state index contributed by atoms with van der Waals surface area (Å²) < 4.78 is 24.1. The van der Waals surface area contributed by atoms with E-state index in [1.54, 1.807) is 6.07 Å². The molecular weight excluding hydrogens is 354 g/mol. The molecule has 9 heteroatoms. The van der Waals surface area contributed by atoms with Gasteiger partial charge in [0, 0.05) is 5.02 Å². The molecule has 24 heavy (non-hydrogen) atoms. The van der Waals surface area contributed by atoms with Crippen molar-refractivity contribution >= 4 is 38.3 Å². The molecular formula is C15H8ClN3O4S. The Morgan fingerprint density at radius 3 is 2.54 bits per heavy atom. The summed E-state index contributed by atoms with van der Waals surface area (Å²) in [6.45, 7) is 0. The van der Waals surface area contributed by atoms with Gasteiger partial charge in [-0.25, -0.2) is 18.5 Å². The molecule has 0 atom stereocenters. The fourth-order valence-corrected chi connectivity index (χ4v) is 3.43. The van der Waals surface area contributed by atoms with Crippen molar-refractivity contribution in [1.29, 1.82) is 0 Å². The Labute approximate surface area is 140 Å². The molecule has 2 aromatic carbocycles. The number of ketones is 1. The fraction of sp³-hybridized carbons (Fsp3) is 0. The van der Waals surface area contributed by atoms with Crippen LogP contribution in [0.2, 0.25) is 5.02 Å². The highest BCUT2D eigenvalue weighted by Gasteiger charge is 2.31. The van der Waals surface area contributed by atoms with Gasteiger partial charge in [-0.2, -0.15) is 0 Å². The van der Waals surface area contributed by atoms with E-state index < -0.39 is 21.4 Å². The van der Waals surface area contributed by atoms with Crippen LogP contribution in [0.15, 0.2) is 46.1 Å². The molecule has 1 aromatic heterocycles. The lowest BCUT2D eigenvalue weighted by molar-refractivity contribution is 0.103. The average molecular weight is 362 g/mol. The Bertz CT molecular complexity index is 1230. The second kappa shape index (κ2) is 4.73. The first-order chi connectivity index (χ1) is 11.3. The molecule has 3 aromatic rings. The summed E-state index contributed by atoms with van der Waals surface area (Å²) in [5, 5.41) is 5.78. The van der Waals surface area contributed by atoms with Gasteiger partial charge in [-0.05, 0) is 36.4 Å². The van der Waals surface area contributed by atoms with E-state index in [-0.39, 0.29) is 22.0 Å². The van der Waals surface area contributed by atoms with E-state index in [0.29, 0.717) is 15.9 Å². The molecule has 1 aliphatic heterocycles. The van der Waals surface area contributed by atoms with Gasteiger partial charge >= 0.3 is 0 Å². The fourth-order valence-electron chi connectivity index (χ4n) is 2.72. The molecule has 0 amide bonds. The molecule has 1 aliphatic rings. The topological polar surface area (TPSA) is 112 Å². The molecule has 0 unspecified atom stereocenters. The lowest BCUT2D eigenvalue weighted by Gasteiger charge is -2.06. The van der Waals surface area contributed by atoms with Gasteiger partial charge in [0.15, 0.2) is 5.82 Å². The lowest BCUT2D eigenvalue weighted by atomic mass is 10.1. The van der Waals surface area contributed by atoms with E-state index in [1.165, 1.54) is 28.8 Å². The second-order valence-corrected chi connectivity index (χ2v) is 7.29. The van der Waals surface area contributed by atoms with Crippen LogP contribution >= 0.6 is 11.6 Å². The Hall–Kier alpha value is -2.55. The molecule has 0 fully saturated rings. The largest absolute Gasteiger partial charge is 0.285 e. The highest BCUT2D eigenvalue weighted by Crippen LogP contribution is 2.28. The van der Waals surface area contributed by atoms with Gasteiger partial charge in [0.05, 0.1) is 27.0 Å². The van der Waals surface area contributed by atoms with Crippen molar-refractivity contribution in [1.82, 2.24) is 9.55 Å². The molecule has 4 rings (SSSR count). The van der Waals surface area contributed by atoms with E-state index in [1.807, 2.05) is 0 Å². The summed E-state index contributed by atoms with van der Waals surface area (Å²) in [6, 6.07) is 8.34. The van der Waals surface area contributed by atoms with Crippen molar-refractivity contribution in [3.05, 3.63) is 63.2 Å². The van der Waals surface area contributed by atoms with Crippen LogP contribution in [0.5, 0.6) is 0 Å². The van der Waals surface area contributed by atoms with Crippen LogP contribution in [0.25, 0.3) is 16.6 Å². The quantitative estimate of drug-likeness (QED) is 0.548. The third-order valence-corrected chi connectivity index (χ3v) is 4.96. The summed E-state index contributed by atoms with van der Waals surface area (Å²) in [7, 11) is -3.97. The van der Waals surface area contributed by atoms with Crippen LogP contribution in [-0.2, 0) is 10.0 Å². The van der Waals surface area contributed by atoms with E-state index in [2.05, 4.69) is 4.98 Å². The maximum atomic E-state index is 12.7. The van der Waals surface area contributed by atoms with Crippen LogP contribution in [0, 0.1) is 0 Å². The van der Waals surface area contributed by atoms with Crippen molar-refractivity contribution in [3.8, 4) is 5.69 Å². The SMILES string of the molecule is NS(=O)(=O)c1ccc2c(c1)C(=O)c1nc3cc(Cl)ccc3c(=O)n1-2. The number of carbonyl (C=O) groups is 1. The highest BCUT2D eigenvalue weighted by atomic mass is 35.5. The Balaban J connectivity index is 2.09. The molecule has 0 saturated carbocycles. The number of carbonyl (C=O) groups excluding carboxylic acids is 1. The molecule has 0 saturated heterocycles. The van der Waals surface area contributed by atoms with Crippen LogP contribution in [0.1, 0.15) is 16.2 Å². The van der Waals surface area contributed by atoms with Gasteiger partial charge in [-0.3, -0.25) is 14.2 Å². The van der Waals surface area contributed by atoms with Crippen LogP contribution in [0.3, 0.4) is 0 Å². The number of benzene rings is 2. The van der Waals surface area contributed by atoms with Crippen molar-refractivity contribution in [2.75, 3.05) is 0 Å². The monoisotopic (exact) mass is 361 g/mol. The highest BCUT2D eigenvalue weighted by molar-refractivity contribution is 7.89. The van der Waals surface area contributed by atoms with Crippen molar-refractivity contribution < 1.29 is 13.2 Å². The molecule has 0 radical (unpaired) electrons. The Kier molecular flexibility index (Phi) is 2.96. The standard InChI is InChI=1S/C15H8ClN3O4S/c16-7-1-3-9-11(5-7)18-14-13(20)10-6-8(24(17,22)23)2-4-12(10)19(14)15(9)21/h1-6H,(H2,17,22,23). The van der Waals surface area contributed by atoms with E-state index in [0.717, 1.165) is 6.07 Å². The normalized spacial score (nSPS) is 13.2. The first-order valence-corrected chi connectivity index (χ1v) is 8.64. The number of nitrogens with two attached hydrogens (primary N) is 1. The zero-order chi connectivity index (χ0) is 17.2. The minimum atomic E-state index is -3.97. The lowest BCUT2D eigenvalue weighted by Crippen LogP contribution is -2.21.